The van der Waals surface area contributed by atoms with E-state index < -0.39 is 0 Å². The van der Waals surface area contributed by atoms with Gasteiger partial charge in [-0.25, -0.2) is 0 Å². The molecule has 0 heterocycles. The largest absolute Gasteiger partial charge is 0.0877 e. The van der Waals surface area contributed by atoms with Gasteiger partial charge in [0.2, 0.25) is 0 Å². The normalized spacial score (nSPS) is 24.9. The molecule has 80 heavy (non-hydrogen) atoms. The van der Waals surface area contributed by atoms with Crippen LogP contribution in [-0.2, 0) is 0 Å². The summed E-state index contributed by atoms with van der Waals surface area (Å²) < 4.78 is 0. The molecule has 9 aliphatic rings. The standard InChI is InChI=1S/C80H80/c1-2-3-4-8-31-70(74-36-17-27-58-21-9-13-32-69(58)74)62-44-50-66(51-45-62)79(76-38-19-29-60-23-11-15-34-72(60)76)64-46-40-56(41-47-64)57-42-48-65(49-43-57)80(77-39-20-30-61-24-12-16-35-73(61)77)68-54-52-67(53-55-68)78(63-25-6-5-7-26-63)75-37-18-28-59-22-10-14-33-71(59)75/h2-4,6,8-11,13-17,19-23,25-29,32-36,39-40,42,44,46,48,50-54,61-62,68,70,76,78-80H,5,7,12,18,24,30-31,37-38,41,43,45,47,49,55H2,1H3. The van der Waals surface area contributed by atoms with E-state index in [0.29, 0.717) is 47.3 Å². The summed E-state index contributed by atoms with van der Waals surface area (Å²) >= 11 is 0. The van der Waals surface area contributed by atoms with Crippen LogP contribution in [0.1, 0.15) is 132 Å². The topological polar surface area (TPSA) is 0 Å². The Bertz CT molecular complexity index is 3680. The average molecular weight is 1040 g/mol. The van der Waals surface area contributed by atoms with Crippen LogP contribution >= 0.6 is 0 Å². The van der Waals surface area contributed by atoms with Crippen LogP contribution in [0.3, 0.4) is 0 Å². The number of benzene rings is 4. The molecule has 13 rings (SSSR count). The first kappa shape index (κ1) is 52.1. The molecule has 8 atom stereocenters. The minimum atomic E-state index is 0.311. The fourth-order valence-corrected chi connectivity index (χ4v) is 15.7. The van der Waals surface area contributed by atoms with Gasteiger partial charge in [-0.15, -0.1) is 0 Å². The van der Waals surface area contributed by atoms with E-state index in [1.165, 1.54) is 79.5 Å². The molecule has 0 spiro atoms. The van der Waals surface area contributed by atoms with Crippen molar-refractivity contribution >= 4 is 28.5 Å². The summed E-state index contributed by atoms with van der Waals surface area (Å²) in [6.07, 6.45) is 76.3. The second-order valence-corrected chi connectivity index (χ2v) is 24.2. The highest BCUT2D eigenvalue weighted by Gasteiger charge is 2.36. The van der Waals surface area contributed by atoms with Crippen molar-refractivity contribution in [2.24, 2.45) is 35.5 Å². The summed E-state index contributed by atoms with van der Waals surface area (Å²) in [5.74, 6) is 3.32. The van der Waals surface area contributed by atoms with E-state index in [0.717, 1.165) is 77.0 Å². The molecule has 9 aliphatic carbocycles. The van der Waals surface area contributed by atoms with Crippen molar-refractivity contribution in [1.29, 1.82) is 0 Å². The minimum absolute atomic E-state index is 0.311. The van der Waals surface area contributed by atoms with Crippen LogP contribution in [0, 0.1) is 35.5 Å². The molecular weight excluding hydrogens is 961 g/mol. The fourth-order valence-electron chi connectivity index (χ4n) is 15.7. The Balaban J connectivity index is 0.799. The van der Waals surface area contributed by atoms with E-state index in [-0.39, 0.29) is 0 Å². The Kier molecular flexibility index (Phi) is 15.8. The molecule has 0 aromatic heterocycles. The molecule has 0 fully saturated rings. The Morgan fingerprint density at radius 1 is 0.537 bits per heavy atom. The second kappa shape index (κ2) is 24.2. The van der Waals surface area contributed by atoms with Crippen molar-refractivity contribution in [3.8, 4) is 0 Å². The molecule has 0 saturated carbocycles. The third kappa shape index (κ3) is 10.8. The smallest absolute Gasteiger partial charge is 0.0301 e. The van der Waals surface area contributed by atoms with Gasteiger partial charge >= 0.3 is 0 Å². The molecule has 4 aromatic carbocycles. The van der Waals surface area contributed by atoms with Gasteiger partial charge in [0.25, 0.3) is 0 Å². The van der Waals surface area contributed by atoms with Crippen molar-refractivity contribution in [3.63, 3.8) is 0 Å². The zero-order chi connectivity index (χ0) is 53.6. The predicted octanol–water partition coefficient (Wildman–Crippen LogP) is 19.7. The Labute approximate surface area is 478 Å². The summed E-state index contributed by atoms with van der Waals surface area (Å²) in [5, 5.41) is 5.58. The lowest BCUT2D eigenvalue weighted by Crippen LogP contribution is -2.32. The van der Waals surface area contributed by atoms with Gasteiger partial charge in [-0.3, -0.25) is 0 Å². The van der Waals surface area contributed by atoms with Crippen LogP contribution in [0.25, 0.3) is 28.5 Å². The third-order valence-electron chi connectivity index (χ3n) is 19.7. The SMILES string of the molecule is CC=CC=CCC(c1cccc2ccccc12)C1C=CC(C(C2=CC=C(C3=CC=C(C(C4=C5C=CCCC5CC=C4)C4C=CC(C(C5=CCCC=C5)C5=c6ccccc6=CCC5)=CC4)CC3)CC2)C2CC=Cc3ccccc32)=CC1. The Morgan fingerprint density at radius 3 is 2.10 bits per heavy atom. The summed E-state index contributed by atoms with van der Waals surface area (Å²) in [4.78, 5) is 0. The van der Waals surface area contributed by atoms with Crippen LogP contribution in [0.2, 0.25) is 0 Å². The lowest BCUT2D eigenvalue weighted by Gasteiger charge is -2.37. The first-order valence-electron chi connectivity index (χ1n) is 31.0. The monoisotopic (exact) mass is 1040 g/mol. The lowest BCUT2D eigenvalue weighted by atomic mass is 9.67. The third-order valence-corrected chi connectivity index (χ3v) is 19.7. The predicted molar refractivity (Wildman–Crippen MR) is 342 cm³/mol. The first-order chi connectivity index (χ1) is 39.7. The molecule has 0 heteroatoms. The van der Waals surface area contributed by atoms with E-state index in [1.54, 1.807) is 33.4 Å². The van der Waals surface area contributed by atoms with Crippen molar-refractivity contribution in [2.45, 2.75) is 115 Å². The number of fused-ring (bicyclic) bond motifs is 4. The number of rotatable bonds is 15. The molecule has 0 N–H and O–H groups in total. The summed E-state index contributed by atoms with van der Waals surface area (Å²) in [7, 11) is 0. The number of hydrogen-bond acceptors (Lipinski definition) is 0. The fraction of sp³-hybridized carbons (Fsp3) is 0.300. The first-order valence-corrected chi connectivity index (χ1v) is 31.0. The summed E-state index contributed by atoms with van der Waals surface area (Å²) in [6, 6.07) is 34.3. The molecule has 0 bridgehead atoms. The van der Waals surface area contributed by atoms with E-state index >= 15 is 0 Å². The van der Waals surface area contributed by atoms with Gasteiger partial charge < -0.3 is 0 Å². The van der Waals surface area contributed by atoms with Crippen molar-refractivity contribution < 1.29 is 0 Å². The number of hydrogen-bond donors (Lipinski definition) is 0. The lowest BCUT2D eigenvalue weighted by molar-refractivity contribution is 0.477. The maximum atomic E-state index is 2.66. The second-order valence-electron chi connectivity index (χ2n) is 24.2. The maximum absolute atomic E-state index is 2.66. The van der Waals surface area contributed by atoms with Gasteiger partial charge in [-0.05, 0) is 210 Å². The van der Waals surface area contributed by atoms with E-state index in [2.05, 4.69) is 244 Å². The van der Waals surface area contributed by atoms with E-state index in [1.807, 2.05) is 0 Å². The van der Waals surface area contributed by atoms with Crippen LogP contribution in [0.4, 0.5) is 0 Å². The van der Waals surface area contributed by atoms with Gasteiger partial charge in [-0.2, -0.15) is 0 Å². The molecule has 8 unspecified atom stereocenters. The molecular formula is C80H80. The van der Waals surface area contributed by atoms with Gasteiger partial charge in [-0.1, -0.05) is 254 Å². The van der Waals surface area contributed by atoms with Gasteiger partial charge in [0, 0.05) is 17.8 Å². The number of allylic oxidation sites excluding steroid dienone is 31. The van der Waals surface area contributed by atoms with Crippen LogP contribution < -0.4 is 10.4 Å². The highest BCUT2D eigenvalue weighted by molar-refractivity contribution is 5.86. The maximum Gasteiger partial charge on any atom is 0.0301 e. The van der Waals surface area contributed by atoms with Gasteiger partial charge in [0.15, 0.2) is 0 Å². The van der Waals surface area contributed by atoms with Crippen molar-refractivity contribution in [3.05, 3.63) is 302 Å². The molecule has 400 valence electrons. The zero-order valence-corrected chi connectivity index (χ0v) is 47.2. The summed E-state index contributed by atoms with van der Waals surface area (Å²) in [5.41, 5.74) is 19.9. The Morgan fingerprint density at radius 2 is 1.29 bits per heavy atom. The van der Waals surface area contributed by atoms with Gasteiger partial charge in [0.05, 0.1) is 0 Å². The summed E-state index contributed by atoms with van der Waals surface area (Å²) in [6.45, 7) is 2.10. The molecule has 0 amide bonds. The Hall–Kier alpha value is -7.28. The minimum Gasteiger partial charge on any atom is -0.0877 e. The zero-order valence-electron chi connectivity index (χ0n) is 47.2. The molecule has 0 saturated heterocycles. The average Bonchev–Trinajstić information content (AvgIpc) is 3.54. The highest BCUT2D eigenvalue weighted by Crippen LogP contribution is 2.50. The molecule has 0 nitrogen and oxygen atoms in total. The van der Waals surface area contributed by atoms with Gasteiger partial charge in [0.1, 0.15) is 0 Å². The van der Waals surface area contributed by atoms with Crippen LogP contribution in [0.5, 0.6) is 0 Å². The quantitative estimate of drug-likeness (QED) is 0.104. The van der Waals surface area contributed by atoms with E-state index in [4.69, 9.17) is 0 Å². The van der Waals surface area contributed by atoms with Crippen LogP contribution in [0.15, 0.2) is 275 Å². The van der Waals surface area contributed by atoms with Crippen LogP contribution in [-0.4, -0.2) is 0 Å². The van der Waals surface area contributed by atoms with E-state index in [9.17, 15) is 0 Å². The van der Waals surface area contributed by atoms with Crippen molar-refractivity contribution in [1.82, 2.24) is 0 Å². The molecule has 0 aliphatic heterocycles. The molecule has 4 aromatic rings. The molecule has 0 radical (unpaired) electrons. The highest BCUT2D eigenvalue weighted by atomic mass is 14.4. The van der Waals surface area contributed by atoms with Crippen molar-refractivity contribution in [2.75, 3.05) is 0 Å².